The summed E-state index contributed by atoms with van der Waals surface area (Å²) in [7, 11) is 1.45. The van der Waals surface area contributed by atoms with E-state index in [0.29, 0.717) is 23.9 Å². The zero-order valence-electron chi connectivity index (χ0n) is 29.8. The molecule has 0 fully saturated rings. The first-order valence-corrected chi connectivity index (χ1v) is 17.4. The van der Waals surface area contributed by atoms with Gasteiger partial charge in [0.1, 0.15) is 23.7 Å². The monoisotopic (exact) mass is 752 g/mol. The Bertz CT molecular complexity index is 2200. The molecule has 0 saturated carbocycles. The van der Waals surface area contributed by atoms with E-state index in [4.69, 9.17) is 9.84 Å². The molecule has 3 amide bonds. The summed E-state index contributed by atoms with van der Waals surface area (Å²) in [6.07, 6.45) is -4.58. The molecule has 14 heteroatoms. The Morgan fingerprint density at radius 1 is 0.982 bits per heavy atom. The fourth-order valence-electron chi connectivity index (χ4n) is 6.61. The maximum atomic E-state index is 14.6. The number of aromatic nitrogens is 2. The van der Waals surface area contributed by atoms with E-state index in [9.17, 15) is 37.2 Å². The molecule has 6 rings (SSSR count). The third kappa shape index (κ3) is 8.12. The highest BCUT2D eigenvalue weighted by atomic mass is 19.4. The minimum Gasteiger partial charge on any atom is -0.377 e. The van der Waals surface area contributed by atoms with Gasteiger partial charge in [0, 0.05) is 37.1 Å². The van der Waals surface area contributed by atoms with Crippen LogP contribution in [0.25, 0.3) is 5.69 Å². The molecule has 1 aliphatic rings. The first-order chi connectivity index (χ1) is 26.4. The number of anilines is 1. The van der Waals surface area contributed by atoms with Crippen molar-refractivity contribution in [1.82, 2.24) is 20.0 Å². The van der Waals surface area contributed by atoms with Crippen LogP contribution in [-0.2, 0) is 22.3 Å². The number of nitriles is 1. The number of rotatable bonds is 12. The molecule has 1 aromatic heterocycles. The van der Waals surface area contributed by atoms with Crippen LogP contribution in [0.1, 0.15) is 62.4 Å². The largest absolute Gasteiger partial charge is 0.416 e. The van der Waals surface area contributed by atoms with Crippen molar-refractivity contribution in [1.29, 1.82) is 5.26 Å². The van der Waals surface area contributed by atoms with E-state index in [1.165, 1.54) is 39.7 Å². The molecule has 2 heterocycles. The van der Waals surface area contributed by atoms with Gasteiger partial charge in [-0.05, 0) is 60.5 Å². The first kappa shape index (κ1) is 38.4. The molecule has 3 atom stereocenters. The number of alkyl halides is 3. The normalized spacial score (nSPS) is 15.9. The number of nitrogens with one attached hydrogen (secondary N) is 1. The van der Waals surface area contributed by atoms with Gasteiger partial charge in [-0.2, -0.15) is 23.5 Å². The number of ether oxygens (including phenoxy) is 1. The molecule has 0 radical (unpaired) electrons. The van der Waals surface area contributed by atoms with Crippen molar-refractivity contribution in [3.05, 3.63) is 149 Å². The van der Waals surface area contributed by atoms with Crippen LogP contribution < -0.4 is 10.2 Å². The van der Waals surface area contributed by atoms with Crippen molar-refractivity contribution < 1.29 is 36.7 Å². The van der Waals surface area contributed by atoms with Crippen molar-refractivity contribution in [2.45, 2.75) is 44.1 Å². The maximum absolute atomic E-state index is 14.6. The number of fused-ring (bicyclic) bond motifs is 1. The van der Waals surface area contributed by atoms with Crippen LogP contribution in [0.4, 0.5) is 23.4 Å². The second-order valence-electron chi connectivity index (χ2n) is 12.9. The van der Waals surface area contributed by atoms with Crippen LogP contribution in [0.2, 0.25) is 0 Å². The van der Waals surface area contributed by atoms with E-state index in [1.54, 1.807) is 37.3 Å². The topological polar surface area (TPSA) is 121 Å². The van der Waals surface area contributed by atoms with Gasteiger partial charge >= 0.3 is 6.18 Å². The molecular formula is C41H36F4N6O4. The van der Waals surface area contributed by atoms with Gasteiger partial charge in [-0.15, -0.1) is 0 Å². The molecule has 0 saturated heterocycles. The predicted octanol–water partition coefficient (Wildman–Crippen LogP) is 6.90. The van der Waals surface area contributed by atoms with Crippen LogP contribution in [0, 0.1) is 17.1 Å². The van der Waals surface area contributed by atoms with E-state index >= 15 is 0 Å². The van der Waals surface area contributed by atoms with Gasteiger partial charge in [-0.3, -0.25) is 19.3 Å². The lowest BCUT2D eigenvalue weighted by atomic mass is 9.80. The number of carbonyl (C=O) groups is 3. The third-order valence-corrected chi connectivity index (χ3v) is 9.40. The molecule has 55 heavy (non-hydrogen) atoms. The van der Waals surface area contributed by atoms with Crippen LogP contribution in [0.15, 0.2) is 109 Å². The Kier molecular flexibility index (Phi) is 11.4. The lowest BCUT2D eigenvalue weighted by molar-refractivity contribution is -0.137. The third-order valence-electron chi connectivity index (χ3n) is 9.40. The van der Waals surface area contributed by atoms with Crippen LogP contribution in [-0.4, -0.2) is 64.7 Å². The van der Waals surface area contributed by atoms with Crippen molar-refractivity contribution in [2.75, 3.05) is 25.1 Å². The Balaban J connectivity index is 1.45. The molecule has 0 spiro atoms. The lowest BCUT2D eigenvalue weighted by Gasteiger charge is -2.38. The predicted molar refractivity (Wildman–Crippen MR) is 195 cm³/mol. The summed E-state index contributed by atoms with van der Waals surface area (Å²) in [5, 5.41) is 17.6. The SMILES string of the molecule is CCN1C(=O)[C@@H](NC(=O)c2cccc(C(F)(F)F)c2)[C@@H](c2ccc(F)cc2)c2c(C(=O)N(C)C(C#N)CCOCc3ccccc3)nn(-c3ccccc3)c21. The van der Waals surface area contributed by atoms with Gasteiger partial charge in [0.05, 0.1) is 30.5 Å². The number of likely N-dealkylation sites (N-methyl/N-ethyl adjacent to an activating group) is 1. The van der Waals surface area contributed by atoms with E-state index in [1.807, 2.05) is 30.3 Å². The van der Waals surface area contributed by atoms with Crippen LogP contribution in [0.5, 0.6) is 0 Å². The zero-order valence-corrected chi connectivity index (χ0v) is 29.8. The summed E-state index contributed by atoms with van der Waals surface area (Å²) >= 11 is 0. The Hall–Kier alpha value is -6.33. The Morgan fingerprint density at radius 3 is 2.29 bits per heavy atom. The number of hydrogen-bond acceptors (Lipinski definition) is 6. The fraction of sp³-hybridized carbons (Fsp3) is 0.244. The number of halogens is 4. The molecule has 1 aliphatic heterocycles. The highest BCUT2D eigenvalue weighted by molar-refractivity contribution is 6.07. The summed E-state index contributed by atoms with van der Waals surface area (Å²) in [6.45, 7) is 2.18. The maximum Gasteiger partial charge on any atom is 0.416 e. The van der Waals surface area contributed by atoms with Crippen molar-refractivity contribution in [3.8, 4) is 11.8 Å². The van der Waals surface area contributed by atoms with Gasteiger partial charge in [0.25, 0.3) is 17.7 Å². The smallest absolute Gasteiger partial charge is 0.377 e. The summed E-state index contributed by atoms with van der Waals surface area (Å²) < 4.78 is 62.4. The van der Waals surface area contributed by atoms with Crippen molar-refractivity contribution >= 4 is 23.5 Å². The highest BCUT2D eigenvalue weighted by Gasteiger charge is 2.48. The number of benzene rings is 4. The van der Waals surface area contributed by atoms with E-state index < -0.39 is 53.3 Å². The molecular weight excluding hydrogens is 716 g/mol. The molecule has 0 bridgehead atoms. The summed E-state index contributed by atoms with van der Waals surface area (Å²) in [4.78, 5) is 45.4. The Labute approximate surface area is 314 Å². The standard InChI is InChI=1S/C41H36F4N6O4/c1-3-50-38-34(33(27-17-19-30(42)20-18-27)35(40(50)54)47-37(52)28-13-10-14-29(23-28)41(43,44)45)36(48-51(38)31-15-8-5-9-16-31)39(53)49(2)32(24-46)21-22-55-25-26-11-6-4-7-12-26/h4-20,23,32-33,35H,3,21-22,25H2,1-2H3,(H,47,52)/t32?,33-,35-/m0/s1. The molecule has 0 aliphatic carbocycles. The first-order valence-electron chi connectivity index (χ1n) is 17.4. The summed E-state index contributed by atoms with van der Waals surface area (Å²) in [5.74, 6) is -3.86. The van der Waals surface area contributed by atoms with Crippen LogP contribution >= 0.6 is 0 Å². The Morgan fingerprint density at radius 2 is 1.65 bits per heavy atom. The fourth-order valence-corrected chi connectivity index (χ4v) is 6.61. The number of amides is 3. The molecule has 282 valence electrons. The number of hydrogen-bond donors (Lipinski definition) is 1. The minimum absolute atomic E-state index is 0.0411. The molecule has 5 aromatic rings. The van der Waals surface area contributed by atoms with E-state index in [0.717, 1.165) is 29.8 Å². The molecule has 1 N–H and O–H groups in total. The van der Waals surface area contributed by atoms with Gasteiger partial charge in [0.15, 0.2) is 5.69 Å². The van der Waals surface area contributed by atoms with Crippen molar-refractivity contribution in [2.24, 2.45) is 0 Å². The van der Waals surface area contributed by atoms with Gasteiger partial charge in [0.2, 0.25) is 0 Å². The van der Waals surface area contributed by atoms with Gasteiger partial charge < -0.3 is 15.0 Å². The van der Waals surface area contributed by atoms with E-state index in [-0.39, 0.29) is 42.2 Å². The summed E-state index contributed by atoms with van der Waals surface area (Å²) in [5.41, 5.74) is 0.385. The summed E-state index contributed by atoms with van der Waals surface area (Å²) in [6, 6.07) is 26.8. The van der Waals surface area contributed by atoms with E-state index in [2.05, 4.69) is 11.4 Å². The zero-order chi connectivity index (χ0) is 39.3. The lowest BCUT2D eigenvalue weighted by Crippen LogP contribution is -2.55. The van der Waals surface area contributed by atoms with Crippen LogP contribution in [0.3, 0.4) is 0 Å². The minimum atomic E-state index is -4.73. The van der Waals surface area contributed by atoms with Gasteiger partial charge in [-0.25, -0.2) is 9.07 Å². The van der Waals surface area contributed by atoms with Crippen molar-refractivity contribution in [3.63, 3.8) is 0 Å². The molecule has 1 unspecified atom stereocenters. The highest BCUT2D eigenvalue weighted by Crippen LogP contribution is 2.44. The second kappa shape index (κ2) is 16.4. The second-order valence-corrected chi connectivity index (χ2v) is 12.9. The number of para-hydroxylation sites is 1. The number of nitrogens with zero attached hydrogens (tertiary/aromatic N) is 5. The number of carbonyl (C=O) groups excluding carboxylic acids is 3. The quantitative estimate of drug-likeness (QED) is 0.109. The van der Waals surface area contributed by atoms with Gasteiger partial charge in [-0.1, -0.05) is 66.7 Å². The average molecular weight is 753 g/mol. The molecule has 4 aromatic carbocycles. The molecule has 10 nitrogen and oxygen atoms in total. The average Bonchev–Trinajstić information content (AvgIpc) is 3.58.